The highest BCUT2D eigenvalue weighted by atomic mass is 16.5. The van der Waals surface area contributed by atoms with Crippen LogP contribution in [0.25, 0.3) is 11.4 Å². The van der Waals surface area contributed by atoms with Gasteiger partial charge in [0.05, 0.1) is 13.0 Å². The number of hydrogen-bond acceptors (Lipinski definition) is 6. The van der Waals surface area contributed by atoms with E-state index in [1.54, 1.807) is 7.11 Å². The highest BCUT2D eigenvalue weighted by Gasteiger charge is 2.39. The fraction of sp³-hybridized carbons (Fsp3) is 0.300. The molecule has 0 bridgehead atoms. The summed E-state index contributed by atoms with van der Waals surface area (Å²) < 4.78 is 5.46. The van der Waals surface area contributed by atoms with Crippen molar-refractivity contribution < 1.29 is 14.6 Å². The third kappa shape index (κ3) is 3.59. The van der Waals surface area contributed by atoms with E-state index >= 15 is 0 Å². The van der Waals surface area contributed by atoms with E-state index in [0.717, 1.165) is 22.4 Å². The van der Waals surface area contributed by atoms with Crippen molar-refractivity contribution in [3.63, 3.8) is 0 Å². The zero-order chi connectivity index (χ0) is 19.5. The maximum atomic E-state index is 11.9. The van der Waals surface area contributed by atoms with Gasteiger partial charge in [-0.25, -0.2) is 0 Å². The van der Waals surface area contributed by atoms with Gasteiger partial charge in [0.1, 0.15) is 5.75 Å². The molecule has 1 aromatic heterocycles. The van der Waals surface area contributed by atoms with Crippen LogP contribution in [0.2, 0.25) is 0 Å². The summed E-state index contributed by atoms with van der Waals surface area (Å²) in [6.45, 7) is 1.86. The van der Waals surface area contributed by atoms with E-state index in [9.17, 15) is 9.90 Å². The number of tetrazole rings is 1. The van der Waals surface area contributed by atoms with Gasteiger partial charge in [0.15, 0.2) is 0 Å². The number of benzene rings is 2. The number of carboxylic acids is 1. The van der Waals surface area contributed by atoms with Gasteiger partial charge in [0.2, 0.25) is 5.82 Å². The first-order chi connectivity index (χ1) is 13.7. The average molecular weight is 379 g/mol. The van der Waals surface area contributed by atoms with Crippen molar-refractivity contribution in [3.8, 4) is 17.1 Å². The molecule has 1 fully saturated rings. The van der Waals surface area contributed by atoms with Gasteiger partial charge in [0, 0.05) is 31.1 Å². The van der Waals surface area contributed by atoms with E-state index in [4.69, 9.17) is 4.74 Å². The monoisotopic (exact) mass is 379 g/mol. The van der Waals surface area contributed by atoms with Crippen LogP contribution < -0.4 is 4.74 Å². The summed E-state index contributed by atoms with van der Waals surface area (Å²) in [5.41, 5.74) is 2.94. The molecular formula is C20H21N5O3. The molecule has 28 heavy (non-hydrogen) atoms. The number of para-hydroxylation sites is 1. The number of carboxylic acid groups (broad SMARTS) is 1. The van der Waals surface area contributed by atoms with E-state index in [-0.39, 0.29) is 5.92 Å². The summed E-state index contributed by atoms with van der Waals surface area (Å²) in [7, 11) is 1.62. The second-order valence-corrected chi connectivity index (χ2v) is 6.92. The molecule has 4 rings (SSSR count). The molecule has 3 aromatic rings. The van der Waals surface area contributed by atoms with Gasteiger partial charge in [-0.05, 0) is 22.4 Å². The van der Waals surface area contributed by atoms with Crippen molar-refractivity contribution >= 4 is 5.97 Å². The molecule has 0 radical (unpaired) electrons. The molecule has 0 unspecified atom stereocenters. The van der Waals surface area contributed by atoms with Crippen molar-refractivity contribution in [2.24, 2.45) is 5.92 Å². The predicted octanol–water partition coefficient (Wildman–Crippen LogP) is 2.18. The third-order valence-corrected chi connectivity index (χ3v) is 5.21. The van der Waals surface area contributed by atoms with Gasteiger partial charge in [-0.3, -0.25) is 9.69 Å². The van der Waals surface area contributed by atoms with Crippen molar-refractivity contribution in [2.75, 3.05) is 20.2 Å². The van der Waals surface area contributed by atoms with Gasteiger partial charge in [0.25, 0.3) is 0 Å². The SMILES string of the molecule is COc1ccccc1[C@@H]1CN(Cc2ccc(-c3nn[nH]n3)cc2)C[C@H]1C(=O)O. The van der Waals surface area contributed by atoms with Crippen LogP contribution in [-0.4, -0.2) is 56.8 Å². The zero-order valence-corrected chi connectivity index (χ0v) is 15.4. The number of aliphatic carboxylic acids is 1. The maximum Gasteiger partial charge on any atom is 0.308 e. The smallest absolute Gasteiger partial charge is 0.308 e. The fourth-order valence-corrected chi connectivity index (χ4v) is 3.85. The van der Waals surface area contributed by atoms with Crippen LogP contribution in [-0.2, 0) is 11.3 Å². The second-order valence-electron chi connectivity index (χ2n) is 6.92. The quantitative estimate of drug-likeness (QED) is 0.676. The number of carbonyl (C=O) groups is 1. The minimum atomic E-state index is -0.772. The highest BCUT2D eigenvalue weighted by molar-refractivity contribution is 5.72. The fourth-order valence-electron chi connectivity index (χ4n) is 3.85. The van der Waals surface area contributed by atoms with E-state index in [2.05, 4.69) is 25.5 Å². The molecule has 144 valence electrons. The number of ether oxygens (including phenoxy) is 1. The molecule has 0 spiro atoms. The number of nitrogens with one attached hydrogen (secondary N) is 1. The number of likely N-dealkylation sites (tertiary alicyclic amines) is 1. The number of aromatic nitrogens is 4. The van der Waals surface area contributed by atoms with Crippen LogP contribution in [0.3, 0.4) is 0 Å². The van der Waals surface area contributed by atoms with Crippen molar-refractivity contribution in [2.45, 2.75) is 12.5 Å². The van der Waals surface area contributed by atoms with E-state index in [0.29, 0.717) is 25.5 Å². The lowest BCUT2D eigenvalue weighted by atomic mass is 9.88. The summed E-state index contributed by atoms with van der Waals surface area (Å²) in [5, 5.41) is 23.7. The summed E-state index contributed by atoms with van der Waals surface area (Å²) >= 11 is 0. The summed E-state index contributed by atoms with van der Waals surface area (Å²) in [6.07, 6.45) is 0. The minimum absolute atomic E-state index is 0.104. The van der Waals surface area contributed by atoms with E-state index in [1.807, 2.05) is 48.5 Å². The Morgan fingerprint density at radius 1 is 1.21 bits per heavy atom. The van der Waals surface area contributed by atoms with Gasteiger partial charge in [-0.1, -0.05) is 42.5 Å². The molecule has 1 saturated heterocycles. The lowest BCUT2D eigenvalue weighted by Crippen LogP contribution is -2.23. The number of methoxy groups -OCH3 is 1. The zero-order valence-electron chi connectivity index (χ0n) is 15.4. The average Bonchev–Trinajstić information content (AvgIpc) is 3.39. The molecule has 2 aromatic carbocycles. The van der Waals surface area contributed by atoms with Gasteiger partial charge >= 0.3 is 5.97 Å². The van der Waals surface area contributed by atoms with E-state index in [1.165, 1.54) is 0 Å². The number of nitrogens with zero attached hydrogens (tertiary/aromatic N) is 4. The normalized spacial score (nSPS) is 19.6. The maximum absolute atomic E-state index is 11.9. The van der Waals surface area contributed by atoms with Crippen LogP contribution in [0.1, 0.15) is 17.0 Å². The van der Waals surface area contributed by atoms with Crippen molar-refractivity contribution in [1.82, 2.24) is 25.5 Å². The van der Waals surface area contributed by atoms with Gasteiger partial charge < -0.3 is 9.84 Å². The van der Waals surface area contributed by atoms with Crippen molar-refractivity contribution in [1.29, 1.82) is 0 Å². The Balaban J connectivity index is 1.51. The molecule has 2 heterocycles. The first-order valence-electron chi connectivity index (χ1n) is 9.06. The molecule has 2 N–H and O–H groups in total. The largest absolute Gasteiger partial charge is 0.496 e. The van der Waals surface area contributed by atoms with Crippen LogP contribution in [0.4, 0.5) is 0 Å². The standard InChI is InChI=1S/C20H21N5O3/c1-28-18-5-3-2-4-15(18)16-11-25(12-17(16)20(26)27)10-13-6-8-14(9-7-13)19-21-23-24-22-19/h2-9,16-17H,10-12H2,1H3,(H,26,27)(H,21,22,23,24)/t16-,17+/m0/s1. The Morgan fingerprint density at radius 3 is 2.68 bits per heavy atom. The molecule has 8 heteroatoms. The van der Waals surface area contributed by atoms with Crippen LogP contribution in [0.5, 0.6) is 5.75 Å². The molecule has 0 aliphatic carbocycles. The lowest BCUT2D eigenvalue weighted by Gasteiger charge is -2.18. The number of rotatable bonds is 6. The Kier molecular flexibility index (Phi) is 5.03. The Labute approximate surface area is 162 Å². The number of hydrogen-bond donors (Lipinski definition) is 2. The number of H-pyrrole nitrogens is 1. The Hall–Kier alpha value is -3.26. The summed E-state index contributed by atoms with van der Waals surface area (Å²) in [6, 6.07) is 15.6. The molecule has 2 atom stereocenters. The first-order valence-corrected chi connectivity index (χ1v) is 9.06. The summed E-state index contributed by atoms with van der Waals surface area (Å²) in [4.78, 5) is 14.0. The van der Waals surface area contributed by atoms with Gasteiger partial charge in [-0.2, -0.15) is 5.21 Å². The highest BCUT2D eigenvalue weighted by Crippen LogP contribution is 2.38. The number of aromatic amines is 1. The molecule has 1 aliphatic rings. The van der Waals surface area contributed by atoms with Crippen LogP contribution >= 0.6 is 0 Å². The molecule has 1 aliphatic heterocycles. The molecule has 8 nitrogen and oxygen atoms in total. The molecule has 0 saturated carbocycles. The van der Waals surface area contributed by atoms with Crippen LogP contribution in [0, 0.1) is 5.92 Å². The molecule has 0 amide bonds. The second kappa shape index (κ2) is 7.77. The Morgan fingerprint density at radius 2 is 2.00 bits per heavy atom. The van der Waals surface area contributed by atoms with Gasteiger partial charge in [-0.15, -0.1) is 10.2 Å². The third-order valence-electron chi connectivity index (χ3n) is 5.21. The van der Waals surface area contributed by atoms with E-state index < -0.39 is 11.9 Å². The topological polar surface area (TPSA) is 104 Å². The van der Waals surface area contributed by atoms with Crippen molar-refractivity contribution in [3.05, 3.63) is 59.7 Å². The first kappa shape index (κ1) is 18.1. The van der Waals surface area contributed by atoms with Crippen LogP contribution in [0.15, 0.2) is 48.5 Å². The molecular weight excluding hydrogens is 358 g/mol. The lowest BCUT2D eigenvalue weighted by molar-refractivity contribution is -0.141. The Bertz CT molecular complexity index is 943. The summed E-state index contributed by atoms with van der Waals surface area (Å²) in [5.74, 6) is -0.0482. The minimum Gasteiger partial charge on any atom is -0.496 e. The predicted molar refractivity (Wildman–Crippen MR) is 102 cm³/mol.